The van der Waals surface area contributed by atoms with E-state index in [2.05, 4.69) is 21.2 Å². The van der Waals surface area contributed by atoms with Gasteiger partial charge in [-0.3, -0.25) is 4.79 Å². The number of piperidine rings is 1. The van der Waals surface area contributed by atoms with Crippen LogP contribution in [-0.4, -0.2) is 29.1 Å². The minimum Gasteiger partial charge on any atom is -0.354 e. The first-order valence-electron chi connectivity index (χ1n) is 6.71. The van der Waals surface area contributed by atoms with Gasteiger partial charge >= 0.3 is 0 Å². The van der Waals surface area contributed by atoms with Gasteiger partial charge in [-0.2, -0.15) is 5.10 Å². The number of anilines is 1. The second-order valence-electron chi connectivity index (χ2n) is 5.15. The van der Waals surface area contributed by atoms with E-state index in [0.29, 0.717) is 0 Å². The molecule has 0 aliphatic carbocycles. The summed E-state index contributed by atoms with van der Waals surface area (Å²) < 4.78 is 0. The second-order valence-corrected chi connectivity index (χ2v) is 5.15. The molecule has 3 rings (SSSR count). The van der Waals surface area contributed by atoms with E-state index < -0.39 is 0 Å². The third-order valence-corrected chi connectivity index (χ3v) is 3.85. The van der Waals surface area contributed by atoms with E-state index in [0.717, 1.165) is 42.5 Å². The molecule has 1 aromatic carbocycles. The van der Waals surface area contributed by atoms with Gasteiger partial charge in [-0.15, -0.1) is 5.10 Å². The fraction of sp³-hybridized carbons (Fsp3) is 0.400. The van der Waals surface area contributed by atoms with Crippen LogP contribution in [0.15, 0.2) is 30.5 Å². The number of carbonyl (C=O) groups is 1. The summed E-state index contributed by atoms with van der Waals surface area (Å²) in [5, 5.41) is 10.6. The van der Waals surface area contributed by atoms with Crippen molar-refractivity contribution in [1.29, 1.82) is 0 Å². The van der Waals surface area contributed by atoms with Crippen molar-refractivity contribution in [3.8, 4) is 0 Å². The number of ketones is 1. The molecule has 4 nitrogen and oxygen atoms in total. The summed E-state index contributed by atoms with van der Waals surface area (Å²) in [6, 6.07) is 8.12. The van der Waals surface area contributed by atoms with E-state index in [1.807, 2.05) is 18.2 Å². The first-order valence-corrected chi connectivity index (χ1v) is 6.71. The van der Waals surface area contributed by atoms with Gasteiger partial charge in [0.05, 0.1) is 6.20 Å². The Hall–Kier alpha value is -1.97. The van der Waals surface area contributed by atoms with Crippen LogP contribution in [0, 0.1) is 5.92 Å². The maximum Gasteiger partial charge on any atom is 0.159 e. The van der Waals surface area contributed by atoms with E-state index in [4.69, 9.17) is 0 Å². The molecular weight excluding hydrogens is 238 g/mol. The predicted molar refractivity (Wildman–Crippen MR) is 75.2 cm³/mol. The molecule has 1 fully saturated rings. The van der Waals surface area contributed by atoms with Gasteiger partial charge in [-0.25, -0.2) is 0 Å². The first-order chi connectivity index (χ1) is 9.25. The molecule has 0 radical (unpaired) electrons. The van der Waals surface area contributed by atoms with Gasteiger partial charge in [0.2, 0.25) is 0 Å². The molecule has 1 atom stereocenters. The van der Waals surface area contributed by atoms with Crippen molar-refractivity contribution in [2.45, 2.75) is 19.8 Å². The Labute approximate surface area is 112 Å². The Morgan fingerprint density at radius 2 is 2.21 bits per heavy atom. The maximum absolute atomic E-state index is 11.6. The SMILES string of the molecule is CC(=O)C1CCCN(c2nncc3ccccc23)C1. The Morgan fingerprint density at radius 3 is 3.05 bits per heavy atom. The number of hydrogen-bond donors (Lipinski definition) is 0. The van der Waals surface area contributed by atoms with Crippen molar-refractivity contribution in [1.82, 2.24) is 10.2 Å². The molecule has 1 aliphatic heterocycles. The smallest absolute Gasteiger partial charge is 0.159 e. The molecule has 1 unspecified atom stereocenters. The predicted octanol–water partition coefficient (Wildman–Crippen LogP) is 2.44. The zero-order valence-electron chi connectivity index (χ0n) is 11.0. The molecule has 0 amide bonds. The van der Waals surface area contributed by atoms with E-state index in [1.54, 1.807) is 13.1 Å². The lowest BCUT2D eigenvalue weighted by Crippen LogP contribution is -2.38. The Balaban J connectivity index is 1.97. The molecule has 19 heavy (non-hydrogen) atoms. The number of nitrogens with zero attached hydrogens (tertiary/aromatic N) is 3. The number of fused-ring (bicyclic) bond motifs is 1. The van der Waals surface area contributed by atoms with Crippen molar-refractivity contribution in [2.24, 2.45) is 5.92 Å². The van der Waals surface area contributed by atoms with Crippen LogP contribution in [0.25, 0.3) is 10.8 Å². The van der Waals surface area contributed by atoms with Gasteiger partial charge in [0.15, 0.2) is 5.82 Å². The normalized spacial score (nSPS) is 19.6. The van der Waals surface area contributed by atoms with Gasteiger partial charge in [-0.05, 0) is 19.8 Å². The first kappa shape index (κ1) is 12.1. The van der Waals surface area contributed by atoms with E-state index in [-0.39, 0.29) is 11.7 Å². The van der Waals surface area contributed by atoms with Crippen LogP contribution in [0.2, 0.25) is 0 Å². The lowest BCUT2D eigenvalue weighted by atomic mass is 9.94. The van der Waals surface area contributed by atoms with Gasteiger partial charge in [-0.1, -0.05) is 24.3 Å². The van der Waals surface area contributed by atoms with E-state index in [9.17, 15) is 4.79 Å². The molecule has 98 valence electrons. The lowest BCUT2D eigenvalue weighted by molar-refractivity contribution is -0.120. The highest BCUT2D eigenvalue weighted by atomic mass is 16.1. The summed E-state index contributed by atoms with van der Waals surface area (Å²) >= 11 is 0. The number of aromatic nitrogens is 2. The molecule has 2 aromatic rings. The van der Waals surface area contributed by atoms with Crippen molar-refractivity contribution >= 4 is 22.4 Å². The summed E-state index contributed by atoms with van der Waals surface area (Å²) in [4.78, 5) is 13.8. The maximum atomic E-state index is 11.6. The van der Waals surface area contributed by atoms with Crippen molar-refractivity contribution in [2.75, 3.05) is 18.0 Å². The highest BCUT2D eigenvalue weighted by Crippen LogP contribution is 2.27. The van der Waals surface area contributed by atoms with Crippen molar-refractivity contribution in [3.63, 3.8) is 0 Å². The third-order valence-electron chi connectivity index (χ3n) is 3.85. The number of benzene rings is 1. The fourth-order valence-electron chi connectivity index (χ4n) is 2.75. The van der Waals surface area contributed by atoms with Crippen molar-refractivity contribution < 1.29 is 4.79 Å². The van der Waals surface area contributed by atoms with Gasteiger partial charge in [0, 0.05) is 29.8 Å². The summed E-state index contributed by atoms with van der Waals surface area (Å²) in [5.41, 5.74) is 0. The fourth-order valence-corrected chi connectivity index (χ4v) is 2.75. The van der Waals surface area contributed by atoms with Crippen LogP contribution < -0.4 is 4.90 Å². The summed E-state index contributed by atoms with van der Waals surface area (Å²) in [7, 11) is 0. The molecule has 0 saturated carbocycles. The van der Waals surface area contributed by atoms with Crippen LogP contribution in [0.4, 0.5) is 5.82 Å². The van der Waals surface area contributed by atoms with Gasteiger partial charge in [0.25, 0.3) is 0 Å². The van der Waals surface area contributed by atoms with Gasteiger partial charge < -0.3 is 4.90 Å². The summed E-state index contributed by atoms with van der Waals surface area (Å²) in [6.45, 7) is 3.40. The van der Waals surface area contributed by atoms with E-state index >= 15 is 0 Å². The highest BCUT2D eigenvalue weighted by molar-refractivity contribution is 5.91. The minimum absolute atomic E-state index is 0.134. The summed E-state index contributed by atoms with van der Waals surface area (Å²) in [5.74, 6) is 1.32. The molecule has 2 heterocycles. The number of rotatable bonds is 2. The van der Waals surface area contributed by atoms with Crippen LogP contribution in [0.5, 0.6) is 0 Å². The minimum atomic E-state index is 0.134. The number of carbonyl (C=O) groups excluding carboxylic acids is 1. The monoisotopic (exact) mass is 255 g/mol. The zero-order valence-corrected chi connectivity index (χ0v) is 11.0. The quantitative estimate of drug-likeness (QED) is 0.827. The average molecular weight is 255 g/mol. The van der Waals surface area contributed by atoms with Crippen LogP contribution >= 0.6 is 0 Å². The molecule has 1 aliphatic rings. The zero-order chi connectivity index (χ0) is 13.2. The largest absolute Gasteiger partial charge is 0.354 e. The topological polar surface area (TPSA) is 46.1 Å². The highest BCUT2D eigenvalue weighted by Gasteiger charge is 2.25. The standard InChI is InChI=1S/C15H17N3O/c1-11(19)13-6-4-8-18(10-13)15-14-7-3-2-5-12(14)9-16-17-15/h2-3,5,7,9,13H,4,6,8,10H2,1H3. The Morgan fingerprint density at radius 1 is 1.37 bits per heavy atom. The lowest BCUT2D eigenvalue weighted by Gasteiger charge is -2.32. The average Bonchev–Trinajstić information content (AvgIpc) is 2.47. The number of Topliss-reactive ketones (excluding diaryl/α,β-unsaturated/α-hetero) is 1. The third kappa shape index (κ3) is 2.30. The molecule has 1 saturated heterocycles. The molecule has 1 aromatic heterocycles. The molecular formula is C15H17N3O. The van der Waals surface area contributed by atoms with Crippen LogP contribution in [0.1, 0.15) is 19.8 Å². The molecule has 0 N–H and O–H groups in total. The second kappa shape index (κ2) is 4.96. The molecule has 0 spiro atoms. The van der Waals surface area contributed by atoms with Crippen LogP contribution in [0.3, 0.4) is 0 Å². The Kier molecular flexibility index (Phi) is 3.15. The summed E-state index contributed by atoms with van der Waals surface area (Å²) in [6.07, 6.45) is 3.81. The van der Waals surface area contributed by atoms with Gasteiger partial charge in [0.1, 0.15) is 5.78 Å². The Bertz CT molecular complexity index is 606. The number of hydrogen-bond acceptors (Lipinski definition) is 4. The van der Waals surface area contributed by atoms with Crippen molar-refractivity contribution in [3.05, 3.63) is 30.5 Å². The van der Waals surface area contributed by atoms with Crippen LogP contribution in [-0.2, 0) is 4.79 Å². The van der Waals surface area contributed by atoms with E-state index in [1.165, 1.54) is 0 Å². The molecule has 0 bridgehead atoms. The molecule has 4 heteroatoms.